The van der Waals surface area contributed by atoms with Crippen molar-refractivity contribution >= 4 is 0 Å². The van der Waals surface area contributed by atoms with Crippen LogP contribution in [0.3, 0.4) is 0 Å². The first-order valence-corrected chi connectivity index (χ1v) is 2.97. The molecule has 1 aromatic carbocycles. The summed E-state index contributed by atoms with van der Waals surface area (Å²) in [5.74, 6) is -1.46. The molecule has 0 aliphatic carbocycles. The molecule has 0 fully saturated rings. The zero-order valence-electron chi connectivity index (χ0n) is 5.55. The molecular weight excluding hydrogens is 152 g/mol. The highest BCUT2D eigenvalue weighted by atomic mass is 19.1. The van der Waals surface area contributed by atoms with Gasteiger partial charge in [0, 0.05) is 5.56 Å². The molecule has 58 valence electrons. The molecule has 0 radical (unpaired) electrons. The summed E-state index contributed by atoms with van der Waals surface area (Å²) in [6, 6.07) is 3.41. The van der Waals surface area contributed by atoms with Crippen molar-refractivity contribution in [2.75, 3.05) is 0 Å². The second kappa shape index (κ2) is 3.18. The fraction of sp³-hybridized carbons (Fsp3) is 0.143. The number of halogens is 2. The number of benzene rings is 1. The van der Waals surface area contributed by atoms with Crippen LogP contribution in [0.2, 0.25) is 0 Å². The Labute approximate surface area is 61.8 Å². The van der Waals surface area contributed by atoms with Gasteiger partial charge in [-0.3, -0.25) is 0 Å². The minimum absolute atomic E-state index is 0.275. The van der Waals surface area contributed by atoms with E-state index in [0.29, 0.717) is 0 Å². The molecular formula is C7H5F2NO. The van der Waals surface area contributed by atoms with Crippen LogP contribution in [0, 0.1) is 16.5 Å². The number of rotatable bonds is 2. The number of hydrogen-bond donors (Lipinski definition) is 0. The predicted octanol–water partition coefficient (Wildman–Crippen LogP) is 2.23. The largest absolute Gasteiger partial charge is 0.207 e. The summed E-state index contributed by atoms with van der Waals surface area (Å²) >= 11 is 0. The molecule has 0 aromatic heterocycles. The fourth-order valence-electron chi connectivity index (χ4n) is 0.748. The minimum atomic E-state index is -0.732. The van der Waals surface area contributed by atoms with Gasteiger partial charge in [0.05, 0.1) is 0 Å². The van der Waals surface area contributed by atoms with Crippen LogP contribution in [0.15, 0.2) is 23.4 Å². The Morgan fingerprint density at radius 3 is 2.27 bits per heavy atom. The van der Waals surface area contributed by atoms with Gasteiger partial charge in [0.25, 0.3) is 0 Å². The molecule has 0 unspecified atom stereocenters. The van der Waals surface area contributed by atoms with Crippen LogP contribution < -0.4 is 0 Å². The summed E-state index contributed by atoms with van der Waals surface area (Å²) < 4.78 is 25.2. The SMILES string of the molecule is O=NCc1c(F)cccc1F. The Morgan fingerprint density at radius 2 is 1.82 bits per heavy atom. The van der Waals surface area contributed by atoms with E-state index in [2.05, 4.69) is 5.18 Å². The van der Waals surface area contributed by atoms with Crippen molar-refractivity contribution in [3.8, 4) is 0 Å². The third-order valence-corrected chi connectivity index (χ3v) is 1.28. The van der Waals surface area contributed by atoms with Gasteiger partial charge in [-0.25, -0.2) is 8.78 Å². The molecule has 0 aliphatic rings. The lowest BCUT2D eigenvalue weighted by Crippen LogP contribution is -1.92. The quantitative estimate of drug-likeness (QED) is 0.605. The second-order valence-corrected chi connectivity index (χ2v) is 1.99. The van der Waals surface area contributed by atoms with Crippen LogP contribution in [0.4, 0.5) is 8.78 Å². The van der Waals surface area contributed by atoms with Crippen molar-refractivity contribution in [3.05, 3.63) is 40.3 Å². The van der Waals surface area contributed by atoms with Gasteiger partial charge >= 0.3 is 0 Å². The van der Waals surface area contributed by atoms with Gasteiger partial charge in [-0.2, -0.15) is 4.91 Å². The molecule has 0 heterocycles. The second-order valence-electron chi connectivity index (χ2n) is 1.99. The van der Waals surface area contributed by atoms with E-state index in [1.807, 2.05) is 0 Å². The van der Waals surface area contributed by atoms with E-state index < -0.39 is 18.2 Å². The van der Waals surface area contributed by atoms with Gasteiger partial charge in [0.2, 0.25) is 0 Å². The third kappa shape index (κ3) is 1.58. The van der Waals surface area contributed by atoms with E-state index in [-0.39, 0.29) is 5.56 Å². The molecule has 0 amide bonds. The normalized spacial score (nSPS) is 9.64. The first-order chi connectivity index (χ1) is 5.25. The van der Waals surface area contributed by atoms with E-state index in [9.17, 15) is 13.7 Å². The number of nitroso groups, excluding NO2 is 1. The van der Waals surface area contributed by atoms with E-state index in [4.69, 9.17) is 0 Å². The zero-order chi connectivity index (χ0) is 8.27. The van der Waals surface area contributed by atoms with Gasteiger partial charge in [-0.05, 0) is 12.1 Å². The minimum Gasteiger partial charge on any atom is -0.207 e. The highest BCUT2D eigenvalue weighted by molar-refractivity contribution is 5.19. The molecule has 0 spiro atoms. The van der Waals surface area contributed by atoms with Crippen molar-refractivity contribution in [2.45, 2.75) is 6.54 Å². The average molecular weight is 157 g/mol. The maximum Gasteiger partial charge on any atom is 0.131 e. The number of nitrogens with zero attached hydrogens (tertiary/aromatic N) is 1. The Kier molecular flexibility index (Phi) is 2.25. The van der Waals surface area contributed by atoms with E-state index in [0.717, 1.165) is 12.1 Å². The summed E-state index contributed by atoms with van der Waals surface area (Å²) in [5, 5.41) is 2.40. The molecule has 0 aliphatic heterocycles. The van der Waals surface area contributed by atoms with Crippen molar-refractivity contribution < 1.29 is 8.78 Å². The third-order valence-electron chi connectivity index (χ3n) is 1.28. The number of hydrogen-bond acceptors (Lipinski definition) is 2. The lowest BCUT2D eigenvalue weighted by atomic mass is 10.2. The molecule has 0 saturated heterocycles. The van der Waals surface area contributed by atoms with Crippen molar-refractivity contribution in [1.82, 2.24) is 0 Å². The summed E-state index contributed by atoms with van der Waals surface area (Å²) in [4.78, 5) is 9.70. The zero-order valence-corrected chi connectivity index (χ0v) is 5.55. The lowest BCUT2D eigenvalue weighted by Gasteiger charge is -1.97. The standard InChI is InChI=1S/C7H5F2NO/c8-6-2-1-3-7(9)5(6)4-10-11/h1-3H,4H2. The van der Waals surface area contributed by atoms with Crippen molar-refractivity contribution in [3.63, 3.8) is 0 Å². The van der Waals surface area contributed by atoms with Crippen LogP contribution in [-0.4, -0.2) is 0 Å². The summed E-state index contributed by atoms with van der Waals surface area (Å²) in [6.07, 6.45) is 0. The molecule has 1 aromatic rings. The van der Waals surface area contributed by atoms with E-state index in [1.165, 1.54) is 6.07 Å². The van der Waals surface area contributed by atoms with Gasteiger partial charge in [-0.15, -0.1) is 0 Å². The molecule has 0 N–H and O–H groups in total. The predicted molar refractivity (Wildman–Crippen MR) is 35.9 cm³/mol. The Balaban J connectivity index is 3.09. The molecule has 2 nitrogen and oxygen atoms in total. The van der Waals surface area contributed by atoms with Crippen LogP contribution >= 0.6 is 0 Å². The first kappa shape index (κ1) is 7.78. The molecule has 0 saturated carbocycles. The van der Waals surface area contributed by atoms with Crippen LogP contribution in [0.25, 0.3) is 0 Å². The topological polar surface area (TPSA) is 29.4 Å². The van der Waals surface area contributed by atoms with Gasteiger partial charge in [0.15, 0.2) is 0 Å². The molecule has 4 heteroatoms. The molecule has 0 bridgehead atoms. The smallest absolute Gasteiger partial charge is 0.131 e. The monoisotopic (exact) mass is 157 g/mol. The van der Waals surface area contributed by atoms with Crippen LogP contribution in [-0.2, 0) is 6.54 Å². The van der Waals surface area contributed by atoms with E-state index in [1.54, 1.807) is 0 Å². The van der Waals surface area contributed by atoms with Crippen molar-refractivity contribution in [1.29, 1.82) is 0 Å². The maximum atomic E-state index is 12.6. The Hall–Kier alpha value is -1.32. The summed E-state index contributed by atoms with van der Waals surface area (Å²) in [7, 11) is 0. The maximum absolute atomic E-state index is 12.6. The van der Waals surface area contributed by atoms with Gasteiger partial charge in [0.1, 0.15) is 18.2 Å². The highest BCUT2D eigenvalue weighted by Crippen LogP contribution is 2.12. The van der Waals surface area contributed by atoms with Crippen molar-refractivity contribution in [2.24, 2.45) is 5.18 Å². The summed E-state index contributed by atoms with van der Waals surface area (Å²) in [5.41, 5.74) is -0.275. The van der Waals surface area contributed by atoms with Gasteiger partial charge < -0.3 is 0 Å². The van der Waals surface area contributed by atoms with Crippen LogP contribution in [0.5, 0.6) is 0 Å². The Morgan fingerprint density at radius 1 is 1.27 bits per heavy atom. The first-order valence-electron chi connectivity index (χ1n) is 2.97. The molecule has 1 rings (SSSR count). The molecule has 0 atom stereocenters. The lowest BCUT2D eigenvalue weighted by molar-refractivity contribution is 0.557. The van der Waals surface area contributed by atoms with Gasteiger partial charge in [-0.1, -0.05) is 11.2 Å². The highest BCUT2D eigenvalue weighted by Gasteiger charge is 2.06. The molecule has 11 heavy (non-hydrogen) atoms. The average Bonchev–Trinajstić information content (AvgIpc) is 1.97. The van der Waals surface area contributed by atoms with E-state index >= 15 is 0 Å². The van der Waals surface area contributed by atoms with Crippen LogP contribution in [0.1, 0.15) is 5.56 Å². The Bertz CT molecular complexity index is 255. The summed E-state index contributed by atoms with van der Waals surface area (Å²) in [6.45, 7) is -0.460. The fourth-order valence-corrected chi connectivity index (χ4v) is 0.748.